The highest BCUT2D eigenvalue weighted by Crippen LogP contribution is 2.10. The van der Waals surface area contributed by atoms with Crippen LogP contribution < -0.4 is 0 Å². The van der Waals surface area contributed by atoms with Crippen molar-refractivity contribution < 1.29 is 27.8 Å². The van der Waals surface area contributed by atoms with Crippen molar-refractivity contribution in [2.24, 2.45) is 0 Å². The lowest BCUT2D eigenvalue weighted by molar-refractivity contribution is -0.154. The van der Waals surface area contributed by atoms with Gasteiger partial charge in [-0.1, -0.05) is 6.08 Å². The molecule has 0 aromatic heterocycles. The van der Waals surface area contributed by atoms with Gasteiger partial charge in [-0.3, -0.25) is 4.79 Å². The third-order valence-electron chi connectivity index (χ3n) is 2.37. The van der Waals surface area contributed by atoms with Crippen LogP contribution in [0, 0.1) is 11.6 Å². The smallest absolute Gasteiger partial charge is 0.335 e. The lowest BCUT2D eigenvalue weighted by Gasteiger charge is -2.11. The molecule has 1 atom stereocenters. The van der Waals surface area contributed by atoms with Crippen LogP contribution in [0.4, 0.5) is 8.78 Å². The average molecular weight is 284 g/mol. The number of carbonyl (C=O) groups is 2. The van der Waals surface area contributed by atoms with Crippen molar-refractivity contribution in [3.8, 4) is 0 Å². The zero-order chi connectivity index (χ0) is 15.1. The quantitative estimate of drug-likeness (QED) is 0.438. The van der Waals surface area contributed by atoms with E-state index in [-0.39, 0.29) is 6.61 Å². The molecule has 4 nitrogen and oxygen atoms in total. The second kappa shape index (κ2) is 7.49. The van der Waals surface area contributed by atoms with Gasteiger partial charge in [0, 0.05) is 0 Å². The van der Waals surface area contributed by atoms with Crippen LogP contribution in [0.5, 0.6) is 0 Å². The molecular formula is C14H14F2O4. The fourth-order valence-corrected chi connectivity index (χ4v) is 1.32. The maximum absolute atomic E-state index is 13.3. The lowest BCUT2D eigenvalue weighted by atomic mass is 10.1. The average Bonchev–Trinajstić information content (AvgIpc) is 2.44. The van der Waals surface area contributed by atoms with Crippen molar-refractivity contribution in [3.63, 3.8) is 0 Å². The minimum absolute atomic E-state index is 0.155. The molecule has 0 aliphatic carbocycles. The summed E-state index contributed by atoms with van der Waals surface area (Å²) in [6.07, 6.45) is 0.579. The fourth-order valence-electron chi connectivity index (χ4n) is 1.32. The Morgan fingerprint density at radius 1 is 1.40 bits per heavy atom. The minimum atomic E-state index is -0.877. The number of ether oxygens (including phenoxy) is 2. The van der Waals surface area contributed by atoms with E-state index in [1.807, 2.05) is 0 Å². The summed E-state index contributed by atoms with van der Waals surface area (Å²) in [7, 11) is 0. The summed E-state index contributed by atoms with van der Waals surface area (Å²) < 4.78 is 35.9. The Bertz CT molecular complexity index is 514. The summed E-state index contributed by atoms with van der Waals surface area (Å²) in [6, 6.07) is 2.48. The predicted molar refractivity (Wildman–Crippen MR) is 67.3 cm³/mol. The number of benzene rings is 1. The van der Waals surface area contributed by atoms with Crippen LogP contribution >= 0.6 is 0 Å². The number of hydrogen-bond donors (Lipinski definition) is 0. The largest absolute Gasteiger partial charge is 0.455 e. The first-order chi connectivity index (χ1) is 9.45. The molecule has 0 N–H and O–H groups in total. The maximum atomic E-state index is 13.3. The van der Waals surface area contributed by atoms with Crippen molar-refractivity contribution in [2.45, 2.75) is 13.0 Å². The first-order valence-corrected chi connectivity index (χ1v) is 5.83. The number of Topliss-reactive ketones (excluding diaryl/α,β-unsaturated/α-hetero) is 1. The standard InChI is InChI=1S/C14H14F2O4/c1-3-6-19-9(2)14(18)20-8-13(17)11-7-10(15)4-5-12(11)16/h3-5,7,9H,1,6,8H2,2H3. The summed E-state index contributed by atoms with van der Waals surface area (Å²) >= 11 is 0. The van der Waals surface area contributed by atoms with Gasteiger partial charge in [0.15, 0.2) is 12.7 Å². The van der Waals surface area contributed by atoms with Crippen LogP contribution in [0.3, 0.4) is 0 Å². The molecule has 0 saturated heterocycles. The van der Waals surface area contributed by atoms with Crippen LogP contribution in [0.15, 0.2) is 30.9 Å². The second-order valence-corrected chi connectivity index (χ2v) is 3.92. The molecule has 108 valence electrons. The normalized spacial score (nSPS) is 11.8. The van der Waals surface area contributed by atoms with Gasteiger partial charge in [-0.15, -0.1) is 6.58 Å². The Balaban J connectivity index is 2.57. The number of ketones is 1. The van der Waals surface area contributed by atoms with Crippen LogP contribution in [-0.2, 0) is 14.3 Å². The van der Waals surface area contributed by atoms with Crippen molar-refractivity contribution in [1.29, 1.82) is 0 Å². The molecule has 0 aliphatic heterocycles. The predicted octanol–water partition coefficient (Wildman–Crippen LogP) is 2.28. The first kappa shape index (κ1) is 16.0. The Hall–Kier alpha value is -2.08. The van der Waals surface area contributed by atoms with E-state index in [2.05, 4.69) is 11.3 Å². The molecule has 1 rings (SSSR count). The van der Waals surface area contributed by atoms with E-state index in [1.54, 1.807) is 0 Å². The number of halogens is 2. The van der Waals surface area contributed by atoms with E-state index in [4.69, 9.17) is 4.74 Å². The molecule has 0 amide bonds. The Morgan fingerprint density at radius 2 is 2.10 bits per heavy atom. The fraction of sp³-hybridized carbons (Fsp3) is 0.286. The number of esters is 1. The molecule has 1 aromatic carbocycles. The molecule has 6 heteroatoms. The number of carbonyl (C=O) groups excluding carboxylic acids is 2. The van der Waals surface area contributed by atoms with Crippen LogP contribution in [0.2, 0.25) is 0 Å². The van der Waals surface area contributed by atoms with Gasteiger partial charge in [0.1, 0.15) is 11.6 Å². The highest BCUT2D eigenvalue weighted by atomic mass is 19.1. The number of rotatable bonds is 7. The van der Waals surface area contributed by atoms with Crippen molar-refractivity contribution in [3.05, 3.63) is 48.1 Å². The van der Waals surface area contributed by atoms with Crippen LogP contribution in [-0.4, -0.2) is 31.1 Å². The lowest BCUT2D eigenvalue weighted by Crippen LogP contribution is -2.26. The van der Waals surface area contributed by atoms with Gasteiger partial charge in [-0.2, -0.15) is 0 Å². The van der Waals surface area contributed by atoms with Gasteiger partial charge in [-0.05, 0) is 25.1 Å². The van der Waals surface area contributed by atoms with Gasteiger partial charge in [-0.25, -0.2) is 13.6 Å². The van der Waals surface area contributed by atoms with E-state index in [0.29, 0.717) is 0 Å². The number of hydrogen-bond acceptors (Lipinski definition) is 4. The van der Waals surface area contributed by atoms with Crippen molar-refractivity contribution >= 4 is 11.8 Å². The van der Waals surface area contributed by atoms with Crippen molar-refractivity contribution in [1.82, 2.24) is 0 Å². The molecule has 0 heterocycles. The van der Waals surface area contributed by atoms with E-state index >= 15 is 0 Å². The molecule has 0 fully saturated rings. The summed E-state index contributed by atoms with van der Waals surface area (Å²) in [5.74, 6) is -3.21. The second-order valence-electron chi connectivity index (χ2n) is 3.92. The first-order valence-electron chi connectivity index (χ1n) is 5.83. The molecule has 0 bridgehead atoms. The molecule has 0 aliphatic rings. The van der Waals surface area contributed by atoms with Crippen molar-refractivity contribution in [2.75, 3.05) is 13.2 Å². The zero-order valence-corrected chi connectivity index (χ0v) is 10.9. The monoisotopic (exact) mass is 284 g/mol. The molecule has 0 spiro atoms. The maximum Gasteiger partial charge on any atom is 0.335 e. The molecule has 20 heavy (non-hydrogen) atoms. The minimum Gasteiger partial charge on any atom is -0.455 e. The Kier molecular flexibility index (Phi) is 5.99. The summed E-state index contributed by atoms with van der Waals surface area (Å²) in [5, 5.41) is 0. The molecule has 0 saturated carbocycles. The van der Waals surface area contributed by atoms with Gasteiger partial charge >= 0.3 is 5.97 Å². The van der Waals surface area contributed by atoms with Gasteiger partial charge in [0.25, 0.3) is 0 Å². The van der Waals surface area contributed by atoms with E-state index < -0.39 is 41.7 Å². The van der Waals surface area contributed by atoms with E-state index in [0.717, 1.165) is 18.2 Å². The molecule has 0 radical (unpaired) electrons. The third kappa shape index (κ3) is 4.55. The molecule has 1 unspecified atom stereocenters. The topological polar surface area (TPSA) is 52.6 Å². The molecular weight excluding hydrogens is 270 g/mol. The summed E-state index contributed by atoms with van der Waals surface area (Å²) in [6.45, 7) is 4.33. The Morgan fingerprint density at radius 3 is 2.75 bits per heavy atom. The Labute approximate surface area is 115 Å². The highest BCUT2D eigenvalue weighted by Gasteiger charge is 2.18. The SMILES string of the molecule is C=CCOC(C)C(=O)OCC(=O)c1cc(F)ccc1F. The van der Waals surface area contributed by atoms with Gasteiger partial charge in [0.2, 0.25) is 5.78 Å². The highest BCUT2D eigenvalue weighted by molar-refractivity contribution is 5.98. The van der Waals surface area contributed by atoms with E-state index in [9.17, 15) is 18.4 Å². The summed E-state index contributed by atoms with van der Waals surface area (Å²) in [4.78, 5) is 23.1. The van der Waals surface area contributed by atoms with Gasteiger partial charge < -0.3 is 9.47 Å². The third-order valence-corrected chi connectivity index (χ3v) is 2.37. The van der Waals surface area contributed by atoms with Gasteiger partial charge in [0.05, 0.1) is 12.2 Å². The van der Waals surface area contributed by atoms with Crippen LogP contribution in [0.25, 0.3) is 0 Å². The zero-order valence-electron chi connectivity index (χ0n) is 10.9. The molecule has 1 aromatic rings. The van der Waals surface area contributed by atoms with E-state index in [1.165, 1.54) is 13.0 Å². The summed E-state index contributed by atoms with van der Waals surface area (Å²) in [5.41, 5.74) is -0.461. The van der Waals surface area contributed by atoms with Crippen LogP contribution in [0.1, 0.15) is 17.3 Å².